The highest BCUT2D eigenvalue weighted by Gasteiger charge is 2.18. The van der Waals surface area contributed by atoms with Gasteiger partial charge < -0.3 is 10.4 Å². The number of fused-ring (bicyclic) bond motifs is 1. The van der Waals surface area contributed by atoms with Gasteiger partial charge in [0.25, 0.3) is 0 Å². The number of nitrogens with zero attached hydrogens (tertiary/aromatic N) is 3. The number of hydrogen-bond donors (Lipinski definition) is 2. The van der Waals surface area contributed by atoms with Crippen molar-refractivity contribution in [2.24, 2.45) is 0 Å². The predicted octanol–water partition coefficient (Wildman–Crippen LogP) is 4.37. The molecule has 3 heterocycles. The Kier molecular flexibility index (Phi) is 4.52. The summed E-state index contributed by atoms with van der Waals surface area (Å²) in [5.41, 5.74) is 3.79. The fourth-order valence-corrected chi connectivity index (χ4v) is 3.81. The Morgan fingerprint density at radius 3 is 2.63 bits per heavy atom. The molecule has 0 aliphatic rings. The summed E-state index contributed by atoms with van der Waals surface area (Å²) in [5.74, 6) is -0.868. The Hall–Kier alpha value is -3.32. The summed E-state index contributed by atoms with van der Waals surface area (Å²) in [6, 6.07) is 15.7. The van der Waals surface area contributed by atoms with Crippen molar-refractivity contribution in [1.82, 2.24) is 15.0 Å². The van der Waals surface area contributed by atoms with Gasteiger partial charge in [0.15, 0.2) is 0 Å². The van der Waals surface area contributed by atoms with Gasteiger partial charge in [0.1, 0.15) is 10.6 Å². The normalized spacial score (nSPS) is 10.9. The number of nitrogens with one attached hydrogen (secondary N) is 1. The molecule has 2 N–H and O–H groups in total. The highest BCUT2D eigenvalue weighted by molar-refractivity contribution is 7.17. The third-order valence-electron chi connectivity index (χ3n) is 4.09. The summed E-state index contributed by atoms with van der Waals surface area (Å²) in [7, 11) is 0. The molecule has 27 heavy (non-hydrogen) atoms. The minimum atomic E-state index is -1.15. The molecule has 0 amide bonds. The van der Waals surface area contributed by atoms with Crippen LogP contribution in [0.2, 0.25) is 0 Å². The number of carboxylic acids is 1. The fourth-order valence-electron chi connectivity index (χ4n) is 2.87. The first-order valence-electron chi connectivity index (χ1n) is 8.36. The molecule has 1 aromatic carbocycles. The van der Waals surface area contributed by atoms with E-state index < -0.39 is 5.97 Å². The Bertz CT molecular complexity index is 1130. The molecule has 7 heteroatoms. The van der Waals surface area contributed by atoms with Gasteiger partial charge in [0.2, 0.25) is 5.82 Å². The molecule has 0 saturated heterocycles. The molecule has 0 aliphatic carbocycles. The molecule has 0 atom stereocenters. The standard InChI is InChI=1S/C20H16N4O2S/c1-12-6-5-9-14(22-12)10-21-17-16-15(13-7-3-2-4-8-13)11-27-19(16)24-18(23-17)20(25)26/h2-9,11H,10H2,1H3,(H,25,26)(H,21,23,24). The lowest BCUT2D eigenvalue weighted by Gasteiger charge is -2.10. The van der Waals surface area contributed by atoms with Crippen molar-refractivity contribution in [3.8, 4) is 11.1 Å². The van der Waals surface area contributed by atoms with Gasteiger partial charge in [-0.3, -0.25) is 4.98 Å². The lowest BCUT2D eigenvalue weighted by Crippen LogP contribution is -2.09. The monoisotopic (exact) mass is 376 g/mol. The van der Waals surface area contributed by atoms with Crippen LogP contribution in [0.5, 0.6) is 0 Å². The quantitative estimate of drug-likeness (QED) is 0.538. The molecule has 0 aliphatic heterocycles. The lowest BCUT2D eigenvalue weighted by molar-refractivity contribution is 0.0684. The topological polar surface area (TPSA) is 88.0 Å². The van der Waals surface area contributed by atoms with Crippen molar-refractivity contribution >= 4 is 33.3 Å². The number of aryl methyl sites for hydroxylation is 1. The van der Waals surface area contributed by atoms with Crippen LogP contribution in [0.4, 0.5) is 5.82 Å². The molecule has 0 radical (unpaired) electrons. The van der Waals surface area contributed by atoms with Crippen molar-refractivity contribution in [3.63, 3.8) is 0 Å². The summed E-state index contributed by atoms with van der Waals surface area (Å²) in [6.45, 7) is 2.37. The molecule has 0 fully saturated rings. The number of aromatic nitrogens is 3. The van der Waals surface area contributed by atoms with Gasteiger partial charge in [-0.1, -0.05) is 36.4 Å². The highest BCUT2D eigenvalue weighted by Crippen LogP contribution is 2.37. The molecule has 134 valence electrons. The maximum atomic E-state index is 11.4. The van der Waals surface area contributed by atoms with Crippen LogP contribution >= 0.6 is 11.3 Å². The zero-order valence-electron chi connectivity index (χ0n) is 14.5. The first kappa shape index (κ1) is 17.1. The van der Waals surface area contributed by atoms with Crippen molar-refractivity contribution < 1.29 is 9.90 Å². The van der Waals surface area contributed by atoms with Gasteiger partial charge in [0.05, 0.1) is 17.6 Å². The number of benzene rings is 1. The van der Waals surface area contributed by atoms with E-state index in [1.807, 2.05) is 60.8 Å². The van der Waals surface area contributed by atoms with Gasteiger partial charge >= 0.3 is 5.97 Å². The third kappa shape index (κ3) is 3.50. The molecular weight excluding hydrogens is 360 g/mol. The van der Waals surface area contributed by atoms with Crippen molar-refractivity contribution in [3.05, 3.63) is 71.1 Å². The molecule has 0 bridgehead atoms. The number of aromatic carboxylic acids is 1. The number of anilines is 1. The van der Waals surface area contributed by atoms with Crippen LogP contribution < -0.4 is 5.32 Å². The summed E-state index contributed by atoms with van der Waals surface area (Å²) in [4.78, 5) is 25.0. The van der Waals surface area contributed by atoms with E-state index in [4.69, 9.17) is 0 Å². The largest absolute Gasteiger partial charge is 0.475 e. The second-order valence-corrected chi connectivity index (χ2v) is 6.88. The molecule has 0 unspecified atom stereocenters. The highest BCUT2D eigenvalue weighted by atomic mass is 32.1. The predicted molar refractivity (Wildman–Crippen MR) is 106 cm³/mol. The third-order valence-corrected chi connectivity index (χ3v) is 4.96. The minimum Gasteiger partial charge on any atom is -0.475 e. The number of carbonyl (C=O) groups is 1. The average molecular weight is 376 g/mol. The van der Waals surface area contributed by atoms with E-state index in [1.165, 1.54) is 11.3 Å². The number of hydrogen-bond acceptors (Lipinski definition) is 6. The first-order chi connectivity index (χ1) is 13.1. The molecule has 6 nitrogen and oxygen atoms in total. The zero-order chi connectivity index (χ0) is 18.8. The van der Waals surface area contributed by atoms with Crippen LogP contribution in [0.15, 0.2) is 53.9 Å². The molecular formula is C20H16N4O2S. The smallest absolute Gasteiger partial charge is 0.374 e. The summed E-state index contributed by atoms with van der Waals surface area (Å²) >= 11 is 1.41. The van der Waals surface area contributed by atoms with E-state index in [9.17, 15) is 9.90 Å². The maximum Gasteiger partial charge on any atom is 0.374 e. The fraction of sp³-hybridized carbons (Fsp3) is 0.100. The molecule has 0 saturated carbocycles. The van der Waals surface area contributed by atoms with E-state index in [0.29, 0.717) is 17.2 Å². The van der Waals surface area contributed by atoms with Crippen molar-refractivity contribution in [1.29, 1.82) is 0 Å². The molecule has 4 aromatic rings. The van der Waals surface area contributed by atoms with Gasteiger partial charge in [0, 0.05) is 16.6 Å². The van der Waals surface area contributed by atoms with Gasteiger partial charge in [-0.2, -0.15) is 0 Å². The first-order valence-corrected chi connectivity index (χ1v) is 9.24. The van der Waals surface area contributed by atoms with Crippen LogP contribution in [-0.2, 0) is 6.54 Å². The van der Waals surface area contributed by atoms with Gasteiger partial charge in [-0.15, -0.1) is 11.3 Å². The van der Waals surface area contributed by atoms with E-state index in [1.54, 1.807) is 0 Å². The van der Waals surface area contributed by atoms with Crippen molar-refractivity contribution in [2.45, 2.75) is 13.5 Å². The molecule has 4 rings (SSSR count). The van der Waals surface area contributed by atoms with E-state index in [-0.39, 0.29) is 5.82 Å². The van der Waals surface area contributed by atoms with Crippen LogP contribution in [0.25, 0.3) is 21.3 Å². The van der Waals surface area contributed by atoms with Crippen molar-refractivity contribution in [2.75, 3.05) is 5.32 Å². The number of carboxylic acid groups (broad SMARTS) is 1. The van der Waals surface area contributed by atoms with Crippen LogP contribution in [0, 0.1) is 6.92 Å². The molecule has 0 spiro atoms. The zero-order valence-corrected chi connectivity index (χ0v) is 15.3. The Labute approximate surface area is 159 Å². The Morgan fingerprint density at radius 2 is 1.89 bits per heavy atom. The average Bonchev–Trinajstić information content (AvgIpc) is 3.11. The van der Waals surface area contributed by atoms with E-state index in [2.05, 4.69) is 20.3 Å². The second-order valence-electron chi connectivity index (χ2n) is 6.02. The van der Waals surface area contributed by atoms with Crippen LogP contribution in [0.3, 0.4) is 0 Å². The number of pyridine rings is 1. The SMILES string of the molecule is Cc1cccc(CNc2nc(C(=O)O)nc3scc(-c4ccccc4)c23)n1. The molecule has 3 aromatic heterocycles. The van der Waals surface area contributed by atoms with Crippen LogP contribution in [-0.4, -0.2) is 26.0 Å². The number of rotatable bonds is 5. The number of thiophene rings is 1. The Morgan fingerprint density at radius 1 is 1.07 bits per heavy atom. The lowest BCUT2D eigenvalue weighted by atomic mass is 10.1. The summed E-state index contributed by atoms with van der Waals surface area (Å²) < 4.78 is 0. The van der Waals surface area contributed by atoms with Gasteiger partial charge in [-0.25, -0.2) is 14.8 Å². The van der Waals surface area contributed by atoms with E-state index >= 15 is 0 Å². The maximum absolute atomic E-state index is 11.4. The van der Waals surface area contributed by atoms with Crippen LogP contribution in [0.1, 0.15) is 22.0 Å². The summed E-state index contributed by atoms with van der Waals surface area (Å²) in [6.07, 6.45) is 0. The van der Waals surface area contributed by atoms with Gasteiger partial charge in [-0.05, 0) is 24.6 Å². The second kappa shape index (κ2) is 7.13. The Balaban J connectivity index is 1.80. The minimum absolute atomic E-state index is 0.219. The van der Waals surface area contributed by atoms with E-state index in [0.717, 1.165) is 27.9 Å². The summed E-state index contributed by atoms with van der Waals surface area (Å²) in [5, 5.41) is 15.4.